The summed E-state index contributed by atoms with van der Waals surface area (Å²) in [7, 11) is 0. The van der Waals surface area contributed by atoms with E-state index in [-0.39, 0.29) is 5.91 Å². The smallest absolute Gasteiger partial charge is 0.323 e. The summed E-state index contributed by atoms with van der Waals surface area (Å²) in [4.78, 5) is 25.8. The number of benzene rings is 1. The van der Waals surface area contributed by atoms with Gasteiger partial charge in [-0.05, 0) is 49.8 Å². The van der Waals surface area contributed by atoms with Crippen molar-refractivity contribution < 1.29 is 14.0 Å². The van der Waals surface area contributed by atoms with Crippen LogP contribution in [0.4, 0.5) is 14.9 Å². The number of rotatable bonds is 1. The standard InChI is InChI=1S/C15H17FN2O2/c1-10-5-7-15(8-6-10)13(19)18(14(20)17-15)12-4-2-3-11(16)9-12/h2-4,9-10H,5-8H2,1H3,(H,17,20). The van der Waals surface area contributed by atoms with Crippen LogP contribution >= 0.6 is 0 Å². The molecule has 1 saturated heterocycles. The Morgan fingerprint density at radius 2 is 2.00 bits per heavy atom. The highest BCUT2D eigenvalue weighted by Gasteiger charge is 2.52. The van der Waals surface area contributed by atoms with E-state index in [1.54, 1.807) is 6.07 Å². The SMILES string of the molecule is CC1CCC2(CC1)NC(=O)N(c1cccc(F)c1)C2=O. The summed E-state index contributed by atoms with van der Waals surface area (Å²) < 4.78 is 13.3. The van der Waals surface area contributed by atoms with Gasteiger partial charge in [-0.2, -0.15) is 0 Å². The summed E-state index contributed by atoms with van der Waals surface area (Å²) in [5.41, 5.74) is -0.487. The lowest BCUT2D eigenvalue weighted by Gasteiger charge is -2.33. The maximum Gasteiger partial charge on any atom is 0.329 e. The quantitative estimate of drug-likeness (QED) is 0.802. The third kappa shape index (κ3) is 1.97. The molecule has 1 aromatic rings. The number of carbonyl (C=O) groups is 2. The number of nitrogens with zero attached hydrogens (tertiary/aromatic N) is 1. The highest BCUT2D eigenvalue weighted by molar-refractivity contribution is 6.23. The van der Waals surface area contributed by atoms with E-state index in [4.69, 9.17) is 0 Å². The fourth-order valence-electron chi connectivity index (χ4n) is 3.06. The number of amides is 3. The summed E-state index contributed by atoms with van der Waals surface area (Å²) in [6, 6.07) is 5.13. The van der Waals surface area contributed by atoms with E-state index in [1.807, 2.05) is 0 Å². The molecule has 2 aliphatic rings. The Morgan fingerprint density at radius 3 is 2.65 bits per heavy atom. The second-order valence-electron chi connectivity index (χ2n) is 5.82. The largest absolute Gasteiger partial charge is 0.329 e. The van der Waals surface area contributed by atoms with Crippen LogP contribution in [-0.4, -0.2) is 17.5 Å². The van der Waals surface area contributed by atoms with Gasteiger partial charge in [-0.3, -0.25) is 4.79 Å². The van der Waals surface area contributed by atoms with Crippen molar-refractivity contribution in [3.8, 4) is 0 Å². The van der Waals surface area contributed by atoms with Crippen molar-refractivity contribution in [1.29, 1.82) is 0 Å². The fraction of sp³-hybridized carbons (Fsp3) is 0.467. The first-order valence-electron chi connectivity index (χ1n) is 6.94. The number of hydrogen-bond acceptors (Lipinski definition) is 2. The lowest BCUT2D eigenvalue weighted by atomic mass is 9.77. The monoisotopic (exact) mass is 276 g/mol. The Balaban J connectivity index is 1.91. The number of anilines is 1. The zero-order valence-corrected chi connectivity index (χ0v) is 11.4. The van der Waals surface area contributed by atoms with Gasteiger partial charge >= 0.3 is 6.03 Å². The Morgan fingerprint density at radius 1 is 1.30 bits per heavy atom. The Hall–Kier alpha value is -1.91. The van der Waals surface area contributed by atoms with Crippen molar-refractivity contribution in [1.82, 2.24) is 5.32 Å². The number of carbonyl (C=O) groups excluding carboxylic acids is 2. The van der Waals surface area contributed by atoms with Crippen LogP contribution in [0.1, 0.15) is 32.6 Å². The zero-order chi connectivity index (χ0) is 14.3. The number of halogens is 1. The normalized spacial score (nSPS) is 29.9. The van der Waals surface area contributed by atoms with Gasteiger partial charge < -0.3 is 5.32 Å². The van der Waals surface area contributed by atoms with Crippen LogP contribution in [-0.2, 0) is 4.79 Å². The molecule has 1 aliphatic heterocycles. The molecular weight excluding hydrogens is 259 g/mol. The van der Waals surface area contributed by atoms with Gasteiger partial charge in [0.05, 0.1) is 5.69 Å². The Labute approximate surface area is 117 Å². The third-order valence-electron chi connectivity index (χ3n) is 4.36. The predicted octanol–water partition coefficient (Wildman–Crippen LogP) is 2.83. The molecule has 0 aromatic heterocycles. The van der Waals surface area contributed by atoms with E-state index in [9.17, 15) is 14.0 Å². The average molecular weight is 276 g/mol. The Kier molecular flexibility index (Phi) is 3.00. The first kappa shape index (κ1) is 13.1. The summed E-state index contributed by atoms with van der Waals surface area (Å²) in [6.07, 6.45) is 3.15. The molecule has 1 heterocycles. The maximum atomic E-state index is 13.3. The van der Waals surface area contributed by atoms with Crippen molar-refractivity contribution in [2.75, 3.05) is 4.90 Å². The number of hydrogen-bond donors (Lipinski definition) is 1. The zero-order valence-electron chi connectivity index (χ0n) is 11.4. The van der Waals surface area contributed by atoms with Crippen molar-refractivity contribution >= 4 is 17.6 Å². The molecule has 0 unspecified atom stereocenters. The van der Waals surface area contributed by atoms with Crippen LogP contribution in [0.3, 0.4) is 0 Å². The average Bonchev–Trinajstić information content (AvgIpc) is 2.65. The van der Waals surface area contributed by atoms with Gasteiger partial charge in [-0.1, -0.05) is 13.0 Å². The molecular formula is C15H17FN2O2. The summed E-state index contributed by atoms with van der Waals surface area (Å²) >= 11 is 0. The van der Waals surface area contributed by atoms with Crippen molar-refractivity contribution in [2.24, 2.45) is 5.92 Å². The second kappa shape index (κ2) is 4.58. The molecule has 0 radical (unpaired) electrons. The lowest BCUT2D eigenvalue weighted by Crippen LogP contribution is -2.49. The molecule has 1 spiro atoms. The minimum Gasteiger partial charge on any atom is -0.323 e. The molecule has 1 saturated carbocycles. The molecule has 20 heavy (non-hydrogen) atoms. The van der Waals surface area contributed by atoms with Gasteiger partial charge in [0.1, 0.15) is 11.4 Å². The molecule has 0 bridgehead atoms. The third-order valence-corrected chi connectivity index (χ3v) is 4.36. The van der Waals surface area contributed by atoms with Crippen molar-refractivity contribution in [2.45, 2.75) is 38.1 Å². The summed E-state index contributed by atoms with van der Waals surface area (Å²) in [5, 5.41) is 2.82. The van der Waals surface area contributed by atoms with Gasteiger partial charge in [0.25, 0.3) is 5.91 Å². The van der Waals surface area contributed by atoms with Gasteiger partial charge in [0.2, 0.25) is 0 Å². The lowest BCUT2D eigenvalue weighted by molar-refractivity contribution is -0.123. The topological polar surface area (TPSA) is 49.4 Å². The van der Waals surface area contributed by atoms with E-state index in [2.05, 4.69) is 12.2 Å². The molecule has 1 N–H and O–H groups in total. The van der Waals surface area contributed by atoms with Gasteiger partial charge in [0, 0.05) is 0 Å². The number of imide groups is 1. The van der Waals surface area contributed by atoms with Crippen LogP contribution in [0.2, 0.25) is 0 Å². The van der Waals surface area contributed by atoms with Gasteiger partial charge in [0.15, 0.2) is 0 Å². The minimum atomic E-state index is -0.782. The first-order chi connectivity index (χ1) is 9.52. The van der Waals surface area contributed by atoms with E-state index in [1.165, 1.54) is 18.2 Å². The van der Waals surface area contributed by atoms with E-state index < -0.39 is 17.4 Å². The van der Waals surface area contributed by atoms with Crippen LogP contribution < -0.4 is 10.2 Å². The van der Waals surface area contributed by atoms with Crippen LogP contribution in [0.25, 0.3) is 0 Å². The van der Waals surface area contributed by atoms with E-state index in [0.29, 0.717) is 24.4 Å². The first-order valence-corrected chi connectivity index (χ1v) is 6.94. The maximum absolute atomic E-state index is 13.3. The van der Waals surface area contributed by atoms with Crippen LogP contribution in [0.15, 0.2) is 24.3 Å². The summed E-state index contributed by atoms with van der Waals surface area (Å²) in [6.45, 7) is 2.15. The van der Waals surface area contributed by atoms with Crippen LogP contribution in [0, 0.1) is 11.7 Å². The molecule has 0 atom stereocenters. The molecule has 3 amide bonds. The number of nitrogens with one attached hydrogen (secondary N) is 1. The highest BCUT2D eigenvalue weighted by Crippen LogP contribution is 2.37. The molecule has 1 aromatic carbocycles. The molecule has 1 aliphatic carbocycles. The van der Waals surface area contributed by atoms with E-state index in [0.717, 1.165) is 17.7 Å². The molecule has 106 valence electrons. The molecule has 5 heteroatoms. The van der Waals surface area contributed by atoms with Crippen LogP contribution in [0.5, 0.6) is 0 Å². The minimum absolute atomic E-state index is 0.250. The molecule has 4 nitrogen and oxygen atoms in total. The van der Waals surface area contributed by atoms with Crippen molar-refractivity contribution in [3.63, 3.8) is 0 Å². The second-order valence-corrected chi connectivity index (χ2v) is 5.82. The van der Waals surface area contributed by atoms with Gasteiger partial charge in [-0.15, -0.1) is 0 Å². The van der Waals surface area contributed by atoms with Crippen molar-refractivity contribution in [3.05, 3.63) is 30.1 Å². The summed E-state index contributed by atoms with van der Waals surface area (Å²) in [5.74, 6) is -0.130. The molecule has 2 fully saturated rings. The van der Waals surface area contributed by atoms with E-state index >= 15 is 0 Å². The fourth-order valence-corrected chi connectivity index (χ4v) is 3.06. The predicted molar refractivity (Wildman–Crippen MR) is 72.8 cm³/mol. The Bertz CT molecular complexity index is 565. The number of urea groups is 1. The molecule has 3 rings (SSSR count). The highest BCUT2D eigenvalue weighted by atomic mass is 19.1. The van der Waals surface area contributed by atoms with Gasteiger partial charge in [-0.25, -0.2) is 14.1 Å².